The summed E-state index contributed by atoms with van der Waals surface area (Å²) in [6, 6.07) is 16.5. The van der Waals surface area contributed by atoms with Crippen molar-refractivity contribution in [3.05, 3.63) is 71.8 Å². The van der Waals surface area contributed by atoms with Gasteiger partial charge in [0.25, 0.3) is 0 Å². The predicted octanol–water partition coefficient (Wildman–Crippen LogP) is 3.37. The third kappa shape index (κ3) is 4.20. The van der Waals surface area contributed by atoms with Crippen molar-refractivity contribution in [1.29, 1.82) is 0 Å². The number of hydrogen-bond acceptors (Lipinski definition) is 5. The number of halogens is 2. The number of esters is 2. The van der Waals surface area contributed by atoms with Gasteiger partial charge in [-0.05, 0) is 24.3 Å². The SMILES string of the molecule is O=C(OC[C@H]1O[C@H](Cl)[C@@H](F)C1OC(=O)c1ccccc1)c1ccccc1. The van der Waals surface area contributed by atoms with Crippen LogP contribution in [0.25, 0.3) is 0 Å². The van der Waals surface area contributed by atoms with Crippen molar-refractivity contribution < 1.29 is 28.2 Å². The molecule has 0 aliphatic carbocycles. The average Bonchev–Trinajstić information content (AvgIpc) is 2.95. The molecule has 7 heteroatoms. The summed E-state index contributed by atoms with van der Waals surface area (Å²) in [5, 5.41) is 0. The number of rotatable bonds is 5. The lowest BCUT2D eigenvalue weighted by Crippen LogP contribution is -2.37. The van der Waals surface area contributed by atoms with Crippen molar-refractivity contribution in [2.45, 2.75) is 23.9 Å². The highest BCUT2D eigenvalue weighted by Gasteiger charge is 2.47. The fourth-order valence-corrected chi connectivity index (χ4v) is 2.81. The van der Waals surface area contributed by atoms with Crippen LogP contribution in [-0.4, -0.2) is 42.5 Å². The lowest BCUT2D eigenvalue weighted by atomic mass is 10.1. The molecule has 0 amide bonds. The maximum Gasteiger partial charge on any atom is 0.338 e. The van der Waals surface area contributed by atoms with Crippen LogP contribution in [0.15, 0.2) is 60.7 Å². The van der Waals surface area contributed by atoms with Crippen LogP contribution < -0.4 is 0 Å². The third-order valence-electron chi connectivity index (χ3n) is 3.88. The summed E-state index contributed by atoms with van der Waals surface area (Å²) in [6.07, 6.45) is -3.99. The van der Waals surface area contributed by atoms with Crippen LogP contribution in [0.3, 0.4) is 0 Å². The fourth-order valence-electron chi connectivity index (χ4n) is 2.53. The van der Waals surface area contributed by atoms with Crippen LogP contribution in [0, 0.1) is 0 Å². The number of carbonyl (C=O) groups is 2. The minimum absolute atomic E-state index is 0.276. The van der Waals surface area contributed by atoms with Gasteiger partial charge in [0.05, 0.1) is 11.1 Å². The van der Waals surface area contributed by atoms with E-state index in [9.17, 15) is 14.0 Å². The van der Waals surface area contributed by atoms with Crippen LogP contribution in [0.4, 0.5) is 4.39 Å². The van der Waals surface area contributed by atoms with Crippen molar-refractivity contribution in [2.75, 3.05) is 6.61 Å². The molecule has 1 unspecified atom stereocenters. The minimum atomic E-state index is -1.73. The van der Waals surface area contributed by atoms with E-state index in [1.807, 2.05) is 0 Å². The normalized spacial score (nSPS) is 24.8. The van der Waals surface area contributed by atoms with E-state index < -0.39 is 35.9 Å². The molecular formula is C19H16ClFO5. The van der Waals surface area contributed by atoms with Crippen LogP contribution in [0.1, 0.15) is 20.7 Å². The van der Waals surface area contributed by atoms with Gasteiger partial charge < -0.3 is 14.2 Å². The van der Waals surface area contributed by atoms with Gasteiger partial charge in [0, 0.05) is 0 Å². The summed E-state index contributed by atoms with van der Waals surface area (Å²) < 4.78 is 29.9. The smallest absolute Gasteiger partial charge is 0.338 e. The van der Waals surface area contributed by atoms with E-state index >= 15 is 0 Å². The van der Waals surface area contributed by atoms with Crippen molar-refractivity contribution in [3.63, 3.8) is 0 Å². The highest BCUT2D eigenvalue weighted by atomic mass is 35.5. The van der Waals surface area contributed by atoms with Crippen LogP contribution in [-0.2, 0) is 14.2 Å². The summed E-state index contributed by atoms with van der Waals surface area (Å²) in [5.41, 5.74) is -0.663. The molecule has 1 aliphatic heterocycles. The maximum absolute atomic E-state index is 14.3. The first-order valence-electron chi connectivity index (χ1n) is 7.98. The van der Waals surface area contributed by atoms with Gasteiger partial charge in [-0.15, -0.1) is 0 Å². The second kappa shape index (κ2) is 8.29. The topological polar surface area (TPSA) is 61.8 Å². The first-order chi connectivity index (χ1) is 12.6. The van der Waals surface area contributed by atoms with Crippen LogP contribution in [0.2, 0.25) is 0 Å². The van der Waals surface area contributed by atoms with E-state index in [1.54, 1.807) is 60.7 Å². The molecule has 4 atom stereocenters. The van der Waals surface area contributed by atoms with Crippen molar-refractivity contribution >= 4 is 23.5 Å². The number of benzene rings is 2. The zero-order valence-corrected chi connectivity index (χ0v) is 14.3. The van der Waals surface area contributed by atoms with E-state index in [0.29, 0.717) is 5.56 Å². The molecule has 0 saturated carbocycles. The third-order valence-corrected chi connectivity index (χ3v) is 4.22. The zero-order valence-electron chi connectivity index (χ0n) is 13.6. The molecule has 0 spiro atoms. The highest BCUT2D eigenvalue weighted by Crippen LogP contribution is 2.30. The number of hydrogen-bond donors (Lipinski definition) is 0. The van der Waals surface area contributed by atoms with E-state index in [1.165, 1.54) is 0 Å². The van der Waals surface area contributed by atoms with Crippen LogP contribution in [0.5, 0.6) is 0 Å². The Bertz CT molecular complexity index is 755. The molecule has 26 heavy (non-hydrogen) atoms. The van der Waals surface area contributed by atoms with Gasteiger partial charge in [-0.3, -0.25) is 0 Å². The predicted molar refractivity (Wildman–Crippen MR) is 91.8 cm³/mol. The first kappa shape index (κ1) is 18.4. The second-order valence-electron chi connectivity index (χ2n) is 5.67. The molecule has 0 N–H and O–H groups in total. The van der Waals surface area contributed by atoms with Crippen LogP contribution >= 0.6 is 11.6 Å². The molecule has 2 aromatic carbocycles. The van der Waals surface area contributed by atoms with Gasteiger partial charge in [-0.25, -0.2) is 14.0 Å². The second-order valence-corrected chi connectivity index (χ2v) is 6.10. The molecule has 1 aliphatic rings. The molecule has 1 fully saturated rings. The molecule has 0 aromatic heterocycles. The highest BCUT2D eigenvalue weighted by molar-refractivity contribution is 6.20. The molecule has 0 radical (unpaired) electrons. The summed E-state index contributed by atoms with van der Waals surface area (Å²) in [4.78, 5) is 24.2. The van der Waals surface area contributed by atoms with Gasteiger partial charge in [0.2, 0.25) is 0 Å². The van der Waals surface area contributed by atoms with E-state index in [2.05, 4.69) is 0 Å². The van der Waals surface area contributed by atoms with Gasteiger partial charge in [0.1, 0.15) is 12.7 Å². The average molecular weight is 379 g/mol. The van der Waals surface area contributed by atoms with Crippen molar-refractivity contribution in [3.8, 4) is 0 Å². The minimum Gasteiger partial charge on any atom is -0.459 e. The molecule has 1 saturated heterocycles. The van der Waals surface area contributed by atoms with Gasteiger partial charge >= 0.3 is 11.9 Å². The van der Waals surface area contributed by atoms with E-state index in [4.69, 9.17) is 25.8 Å². The molecule has 5 nitrogen and oxygen atoms in total. The number of ether oxygens (including phenoxy) is 3. The summed E-state index contributed by atoms with van der Waals surface area (Å²) >= 11 is 5.78. The maximum atomic E-state index is 14.3. The summed E-state index contributed by atoms with van der Waals surface area (Å²) in [5.74, 6) is -1.29. The number of carbonyl (C=O) groups excluding carboxylic acids is 2. The largest absolute Gasteiger partial charge is 0.459 e. The lowest BCUT2D eigenvalue weighted by Gasteiger charge is -2.19. The molecule has 136 valence electrons. The van der Waals surface area contributed by atoms with Crippen molar-refractivity contribution in [2.24, 2.45) is 0 Å². The monoisotopic (exact) mass is 378 g/mol. The number of alkyl halides is 2. The van der Waals surface area contributed by atoms with Gasteiger partial charge in [-0.2, -0.15) is 0 Å². The Kier molecular flexibility index (Phi) is 5.85. The molecular weight excluding hydrogens is 363 g/mol. The molecule has 0 bridgehead atoms. The Hall–Kier alpha value is -2.44. The first-order valence-corrected chi connectivity index (χ1v) is 8.41. The quantitative estimate of drug-likeness (QED) is 0.589. The van der Waals surface area contributed by atoms with Gasteiger partial charge in [-0.1, -0.05) is 48.0 Å². The lowest BCUT2D eigenvalue weighted by molar-refractivity contribution is -0.0351. The summed E-state index contributed by atoms with van der Waals surface area (Å²) in [7, 11) is 0. The fraction of sp³-hybridized carbons (Fsp3) is 0.263. The Labute approximate surface area is 154 Å². The standard InChI is InChI=1S/C19H16ClFO5/c20-17-15(21)16(26-19(23)13-9-5-2-6-10-13)14(25-17)11-24-18(22)12-7-3-1-4-8-12/h1-10,14-17H,11H2/t14-,15+,16?,17+/m1/s1. The Morgan fingerprint density at radius 1 is 0.962 bits per heavy atom. The Morgan fingerprint density at radius 3 is 2.08 bits per heavy atom. The zero-order chi connectivity index (χ0) is 18.5. The Balaban J connectivity index is 1.63. The van der Waals surface area contributed by atoms with Gasteiger partial charge in [0.15, 0.2) is 17.8 Å². The molecule has 2 aromatic rings. The molecule has 3 rings (SSSR count). The van der Waals surface area contributed by atoms with E-state index in [0.717, 1.165) is 0 Å². The summed E-state index contributed by atoms with van der Waals surface area (Å²) in [6.45, 7) is -0.288. The molecule has 1 heterocycles. The van der Waals surface area contributed by atoms with E-state index in [-0.39, 0.29) is 12.2 Å². The Morgan fingerprint density at radius 2 is 1.50 bits per heavy atom. The van der Waals surface area contributed by atoms with Crippen molar-refractivity contribution in [1.82, 2.24) is 0 Å².